The van der Waals surface area contributed by atoms with E-state index < -0.39 is 11.0 Å². The lowest BCUT2D eigenvalue weighted by molar-refractivity contribution is -0.384. The Morgan fingerprint density at radius 1 is 1.37 bits per heavy atom. The van der Waals surface area contributed by atoms with Gasteiger partial charge in [-0.25, -0.2) is 0 Å². The number of nitrogens with zero attached hydrogens (tertiary/aromatic N) is 1. The Balaban J connectivity index is 3.02. The highest BCUT2D eigenvalue weighted by atomic mass is 16.6. The van der Waals surface area contributed by atoms with Gasteiger partial charge in [0.2, 0.25) is 0 Å². The molecule has 1 unspecified atom stereocenters. The first-order valence-electron chi connectivity index (χ1n) is 5.82. The van der Waals surface area contributed by atoms with E-state index in [4.69, 9.17) is 9.47 Å². The van der Waals surface area contributed by atoms with Gasteiger partial charge in [0.1, 0.15) is 5.69 Å². The van der Waals surface area contributed by atoms with Gasteiger partial charge in [0.15, 0.2) is 11.5 Å². The number of aliphatic hydroxyl groups excluding tert-OH is 1. The molecule has 0 aromatic heterocycles. The zero-order valence-corrected chi connectivity index (χ0v) is 11.2. The summed E-state index contributed by atoms with van der Waals surface area (Å²) in [7, 11) is 2.88. The van der Waals surface area contributed by atoms with Crippen LogP contribution in [0, 0.1) is 10.1 Å². The van der Waals surface area contributed by atoms with Crippen LogP contribution in [0.4, 0.5) is 11.4 Å². The highest BCUT2D eigenvalue weighted by molar-refractivity contribution is 5.68. The minimum Gasteiger partial charge on any atom is -0.493 e. The third kappa shape index (κ3) is 3.99. The largest absolute Gasteiger partial charge is 0.493 e. The smallest absolute Gasteiger partial charge is 0.296 e. The molecule has 0 fully saturated rings. The first-order chi connectivity index (χ1) is 8.99. The van der Waals surface area contributed by atoms with Gasteiger partial charge in [-0.05, 0) is 13.3 Å². The Bertz CT molecular complexity index is 448. The van der Waals surface area contributed by atoms with E-state index in [1.54, 1.807) is 6.92 Å². The van der Waals surface area contributed by atoms with Crippen LogP contribution in [0.2, 0.25) is 0 Å². The van der Waals surface area contributed by atoms with E-state index in [-0.39, 0.29) is 5.69 Å². The zero-order chi connectivity index (χ0) is 14.4. The molecule has 0 heterocycles. The normalized spacial score (nSPS) is 11.8. The molecule has 1 rings (SSSR count). The van der Waals surface area contributed by atoms with Crippen molar-refractivity contribution in [1.82, 2.24) is 0 Å². The summed E-state index contributed by atoms with van der Waals surface area (Å²) in [6, 6.07) is 2.82. The highest BCUT2D eigenvalue weighted by Crippen LogP contribution is 2.37. The maximum absolute atomic E-state index is 11.0. The predicted molar refractivity (Wildman–Crippen MR) is 71.0 cm³/mol. The third-order valence-electron chi connectivity index (χ3n) is 2.58. The first-order valence-corrected chi connectivity index (χ1v) is 5.82. The average Bonchev–Trinajstić information content (AvgIpc) is 2.37. The van der Waals surface area contributed by atoms with E-state index in [1.165, 1.54) is 26.4 Å². The molecule has 19 heavy (non-hydrogen) atoms. The Labute approximate surface area is 111 Å². The molecule has 1 atom stereocenters. The van der Waals surface area contributed by atoms with E-state index in [2.05, 4.69) is 5.32 Å². The summed E-state index contributed by atoms with van der Waals surface area (Å²) in [5.74, 6) is 0.711. The van der Waals surface area contributed by atoms with Crippen LogP contribution in [-0.4, -0.2) is 36.9 Å². The van der Waals surface area contributed by atoms with Crippen molar-refractivity contribution in [3.05, 3.63) is 22.2 Å². The lowest BCUT2D eigenvalue weighted by Crippen LogP contribution is -2.11. The number of nitro benzene ring substituents is 1. The third-order valence-corrected chi connectivity index (χ3v) is 2.58. The van der Waals surface area contributed by atoms with E-state index >= 15 is 0 Å². The van der Waals surface area contributed by atoms with Gasteiger partial charge in [0.05, 0.1) is 31.3 Å². The van der Waals surface area contributed by atoms with Gasteiger partial charge in [-0.2, -0.15) is 0 Å². The maximum atomic E-state index is 11.0. The molecule has 7 nitrogen and oxygen atoms in total. The summed E-state index contributed by atoms with van der Waals surface area (Å²) in [5.41, 5.74) is 0.242. The number of nitrogens with one attached hydrogen (secondary N) is 1. The number of benzene rings is 1. The number of rotatable bonds is 7. The molecule has 106 valence electrons. The van der Waals surface area contributed by atoms with Crippen molar-refractivity contribution in [2.24, 2.45) is 0 Å². The summed E-state index contributed by atoms with van der Waals surface area (Å²) in [5, 5.41) is 23.1. The molecule has 0 radical (unpaired) electrons. The van der Waals surface area contributed by atoms with E-state index in [1.807, 2.05) is 0 Å². The minimum absolute atomic E-state index is 0.0942. The molecule has 0 saturated heterocycles. The molecule has 0 amide bonds. The molecule has 0 aliphatic heterocycles. The van der Waals surface area contributed by atoms with Crippen molar-refractivity contribution >= 4 is 11.4 Å². The number of aliphatic hydroxyl groups is 1. The quantitative estimate of drug-likeness (QED) is 0.579. The Hall–Kier alpha value is -2.02. The summed E-state index contributed by atoms with van der Waals surface area (Å²) < 4.78 is 10.1. The topological polar surface area (TPSA) is 93.9 Å². The van der Waals surface area contributed by atoms with Crippen LogP contribution in [-0.2, 0) is 0 Å². The molecule has 7 heteroatoms. The lowest BCUT2D eigenvalue weighted by atomic mass is 10.2. The number of ether oxygens (including phenoxy) is 2. The van der Waals surface area contributed by atoms with Crippen molar-refractivity contribution in [2.45, 2.75) is 19.4 Å². The second-order valence-corrected chi connectivity index (χ2v) is 4.05. The van der Waals surface area contributed by atoms with Gasteiger partial charge in [-0.15, -0.1) is 0 Å². The minimum atomic E-state index is -0.493. The Morgan fingerprint density at radius 3 is 2.42 bits per heavy atom. The summed E-state index contributed by atoms with van der Waals surface area (Å²) >= 11 is 0. The SMILES string of the molecule is COc1cc(NCCC(C)O)c([N+](=O)[O-])cc1OC. The Morgan fingerprint density at radius 2 is 1.95 bits per heavy atom. The van der Waals surface area contributed by atoms with Gasteiger partial charge in [0.25, 0.3) is 5.69 Å². The number of nitro groups is 1. The van der Waals surface area contributed by atoms with Crippen LogP contribution in [0.1, 0.15) is 13.3 Å². The fraction of sp³-hybridized carbons (Fsp3) is 0.500. The monoisotopic (exact) mass is 270 g/mol. The first kappa shape index (κ1) is 15.0. The predicted octanol–water partition coefficient (Wildman–Crippen LogP) is 1.79. The molecule has 0 saturated carbocycles. The molecule has 1 aromatic carbocycles. The van der Waals surface area contributed by atoms with Crippen LogP contribution in [0.3, 0.4) is 0 Å². The van der Waals surface area contributed by atoms with E-state index in [9.17, 15) is 15.2 Å². The van der Waals surface area contributed by atoms with E-state index in [0.717, 1.165) is 0 Å². The molecule has 0 spiro atoms. The standard InChI is InChI=1S/C12H18N2O5/c1-8(15)4-5-13-9-6-11(18-2)12(19-3)7-10(9)14(16)17/h6-8,13,15H,4-5H2,1-3H3. The molecular weight excluding hydrogens is 252 g/mol. The number of anilines is 1. The highest BCUT2D eigenvalue weighted by Gasteiger charge is 2.19. The average molecular weight is 270 g/mol. The molecule has 1 aromatic rings. The zero-order valence-electron chi connectivity index (χ0n) is 11.2. The Kier molecular flexibility index (Phi) is 5.37. The van der Waals surface area contributed by atoms with Gasteiger partial charge >= 0.3 is 0 Å². The van der Waals surface area contributed by atoms with Crippen molar-refractivity contribution in [2.75, 3.05) is 26.1 Å². The van der Waals surface area contributed by atoms with Crippen molar-refractivity contribution in [3.8, 4) is 11.5 Å². The second-order valence-electron chi connectivity index (χ2n) is 4.05. The number of methoxy groups -OCH3 is 2. The van der Waals surface area contributed by atoms with Gasteiger partial charge in [-0.3, -0.25) is 10.1 Å². The van der Waals surface area contributed by atoms with Gasteiger partial charge < -0.3 is 19.9 Å². The second kappa shape index (κ2) is 6.79. The van der Waals surface area contributed by atoms with Crippen LogP contribution in [0.15, 0.2) is 12.1 Å². The molecule has 0 aliphatic rings. The molecular formula is C12H18N2O5. The maximum Gasteiger partial charge on any atom is 0.296 e. The molecule has 0 bridgehead atoms. The van der Waals surface area contributed by atoms with Crippen molar-refractivity contribution in [1.29, 1.82) is 0 Å². The number of hydrogen-bond donors (Lipinski definition) is 2. The van der Waals surface area contributed by atoms with Crippen molar-refractivity contribution in [3.63, 3.8) is 0 Å². The van der Waals surface area contributed by atoms with Crippen molar-refractivity contribution < 1.29 is 19.5 Å². The van der Waals surface area contributed by atoms with Crippen LogP contribution in [0.5, 0.6) is 11.5 Å². The number of hydrogen-bond acceptors (Lipinski definition) is 6. The van der Waals surface area contributed by atoms with Crippen LogP contribution in [0.25, 0.3) is 0 Å². The van der Waals surface area contributed by atoms with Crippen LogP contribution >= 0.6 is 0 Å². The summed E-state index contributed by atoms with van der Waals surface area (Å²) in [6.45, 7) is 2.08. The van der Waals surface area contributed by atoms with Gasteiger partial charge in [-0.1, -0.05) is 0 Å². The lowest BCUT2D eigenvalue weighted by Gasteiger charge is -2.12. The van der Waals surface area contributed by atoms with Crippen LogP contribution < -0.4 is 14.8 Å². The van der Waals surface area contributed by atoms with E-state index in [0.29, 0.717) is 30.2 Å². The van der Waals surface area contributed by atoms with Gasteiger partial charge in [0, 0.05) is 12.6 Å². The molecule has 0 aliphatic carbocycles. The summed E-state index contributed by atoms with van der Waals surface area (Å²) in [4.78, 5) is 10.5. The fourth-order valence-electron chi connectivity index (χ4n) is 1.58. The molecule has 2 N–H and O–H groups in total. The summed E-state index contributed by atoms with van der Waals surface area (Å²) in [6.07, 6.45) is 0.0255. The fourth-order valence-corrected chi connectivity index (χ4v) is 1.58.